The number of aryl methyl sites for hydroxylation is 1. The first-order valence-corrected chi connectivity index (χ1v) is 13.5. The van der Waals surface area contributed by atoms with E-state index in [0.29, 0.717) is 36.7 Å². The van der Waals surface area contributed by atoms with E-state index in [0.717, 1.165) is 15.3 Å². The second kappa shape index (κ2) is 14.7. The number of carbonyl (C=O) groups is 2. The van der Waals surface area contributed by atoms with Crippen molar-refractivity contribution in [3.8, 4) is 11.5 Å². The van der Waals surface area contributed by atoms with Gasteiger partial charge in [0.2, 0.25) is 5.91 Å². The lowest BCUT2D eigenvalue weighted by molar-refractivity contribution is -0.132. The highest BCUT2D eigenvalue weighted by molar-refractivity contribution is 7.11. The van der Waals surface area contributed by atoms with Gasteiger partial charge >= 0.3 is 6.03 Å². The zero-order valence-corrected chi connectivity index (χ0v) is 24.0. The monoisotopic (exact) mass is 577 g/mol. The minimum Gasteiger partial charge on any atom is -0.493 e. The molecule has 0 aliphatic rings. The molecule has 1 N–H and O–H groups in total. The van der Waals surface area contributed by atoms with Crippen LogP contribution in [-0.4, -0.2) is 69.3 Å². The van der Waals surface area contributed by atoms with Crippen LogP contribution in [0.15, 0.2) is 48.5 Å². The molecule has 0 spiro atoms. The molecule has 1 aromatic heterocycles. The molecule has 0 saturated carbocycles. The van der Waals surface area contributed by atoms with E-state index >= 15 is 0 Å². The zero-order chi connectivity index (χ0) is 28.4. The third-order valence-electron chi connectivity index (χ3n) is 5.96. The molecule has 210 valence electrons. The second-order valence-corrected chi connectivity index (χ2v) is 10.5. The number of ether oxygens (including phenoxy) is 3. The summed E-state index contributed by atoms with van der Waals surface area (Å²) in [7, 11) is 4.68. The maximum atomic E-state index is 13.6. The van der Waals surface area contributed by atoms with Gasteiger partial charge in [0.05, 0.1) is 32.4 Å². The Kier molecular flexibility index (Phi) is 11.4. The first-order valence-electron chi connectivity index (χ1n) is 12.3. The highest BCUT2D eigenvalue weighted by Gasteiger charge is 2.22. The van der Waals surface area contributed by atoms with Crippen LogP contribution in [-0.2, 0) is 22.5 Å². The molecular formula is C28H33ClFN3O5S. The maximum absolute atomic E-state index is 13.6. The zero-order valence-electron chi connectivity index (χ0n) is 22.5. The third-order valence-corrected chi connectivity index (χ3v) is 7.24. The van der Waals surface area contributed by atoms with Gasteiger partial charge in [-0.1, -0.05) is 17.7 Å². The number of nitrogens with one attached hydrogen (secondary N) is 1. The summed E-state index contributed by atoms with van der Waals surface area (Å²) < 4.78 is 29.4. The van der Waals surface area contributed by atoms with E-state index in [2.05, 4.69) is 5.32 Å². The Hall–Kier alpha value is -3.34. The van der Waals surface area contributed by atoms with Crippen LogP contribution in [0.4, 0.5) is 14.9 Å². The molecule has 3 rings (SSSR count). The summed E-state index contributed by atoms with van der Waals surface area (Å²) in [6.07, 6.45) is 0.578. The van der Waals surface area contributed by atoms with Crippen LogP contribution in [0.5, 0.6) is 11.5 Å². The summed E-state index contributed by atoms with van der Waals surface area (Å²) in [6.45, 7) is 3.12. The number of anilines is 1. The average molecular weight is 578 g/mol. The largest absolute Gasteiger partial charge is 0.493 e. The fraction of sp³-hybridized carbons (Fsp3) is 0.357. The molecule has 11 heteroatoms. The molecule has 0 radical (unpaired) electrons. The molecule has 0 aliphatic carbocycles. The number of urea groups is 1. The minimum atomic E-state index is -0.588. The van der Waals surface area contributed by atoms with Gasteiger partial charge in [0, 0.05) is 35.6 Å². The van der Waals surface area contributed by atoms with Gasteiger partial charge in [0.25, 0.3) is 0 Å². The van der Waals surface area contributed by atoms with Crippen LogP contribution in [0.2, 0.25) is 5.02 Å². The summed E-state index contributed by atoms with van der Waals surface area (Å²) in [5.41, 5.74) is 1.30. The van der Waals surface area contributed by atoms with E-state index in [4.69, 9.17) is 25.8 Å². The van der Waals surface area contributed by atoms with Gasteiger partial charge in [-0.15, -0.1) is 11.3 Å². The Morgan fingerprint density at radius 1 is 0.974 bits per heavy atom. The lowest BCUT2D eigenvalue weighted by Crippen LogP contribution is -2.46. The molecule has 2 aromatic carbocycles. The fourth-order valence-electron chi connectivity index (χ4n) is 3.84. The van der Waals surface area contributed by atoms with Crippen molar-refractivity contribution < 1.29 is 28.2 Å². The highest BCUT2D eigenvalue weighted by atomic mass is 35.5. The number of thiophene rings is 1. The highest BCUT2D eigenvalue weighted by Crippen LogP contribution is 2.28. The number of halogens is 2. The van der Waals surface area contributed by atoms with Gasteiger partial charge in [-0.05, 0) is 61.4 Å². The topological polar surface area (TPSA) is 80.3 Å². The molecule has 1 heterocycles. The van der Waals surface area contributed by atoms with Gasteiger partial charge in [-0.2, -0.15) is 0 Å². The minimum absolute atomic E-state index is 0.111. The van der Waals surface area contributed by atoms with Crippen LogP contribution in [0, 0.1) is 12.7 Å². The number of amides is 3. The normalized spacial score (nSPS) is 10.7. The molecule has 0 atom stereocenters. The predicted molar refractivity (Wildman–Crippen MR) is 152 cm³/mol. The number of benzene rings is 2. The SMILES string of the molecule is COCCN(CC(=O)N(CCc1ccc(OC)c(OC)c1)Cc1ccc(C)s1)C(=O)Nc1ccc(F)c(Cl)c1. The van der Waals surface area contributed by atoms with Crippen molar-refractivity contribution in [3.63, 3.8) is 0 Å². The van der Waals surface area contributed by atoms with E-state index < -0.39 is 11.8 Å². The van der Waals surface area contributed by atoms with Crippen molar-refractivity contribution in [1.82, 2.24) is 9.80 Å². The van der Waals surface area contributed by atoms with E-state index in [9.17, 15) is 14.0 Å². The quantitative estimate of drug-likeness (QED) is 0.285. The number of hydrogen-bond donors (Lipinski definition) is 1. The number of carbonyl (C=O) groups excluding carboxylic acids is 2. The average Bonchev–Trinajstić information content (AvgIpc) is 3.34. The van der Waals surface area contributed by atoms with Crippen molar-refractivity contribution >= 4 is 40.6 Å². The fourth-order valence-corrected chi connectivity index (χ4v) is 4.93. The van der Waals surface area contributed by atoms with Crippen LogP contribution < -0.4 is 14.8 Å². The number of hydrogen-bond acceptors (Lipinski definition) is 6. The molecule has 8 nitrogen and oxygen atoms in total. The van der Waals surface area contributed by atoms with E-state index in [1.807, 2.05) is 37.3 Å². The van der Waals surface area contributed by atoms with Crippen LogP contribution in [0.3, 0.4) is 0 Å². The third kappa shape index (κ3) is 8.84. The summed E-state index contributed by atoms with van der Waals surface area (Å²) in [6, 6.07) is 13.1. The molecule has 0 unspecified atom stereocenters. The smallest absolute Gasteiger partial charge is 0.322 e. The molecule has 39 heavy (non-hydrogen) atoms. The Bertz CT molecular complexity index is 1270. The van der Waals surface area contributed by atoms with Gasteiger partial charge < -0.3 is 29.3 Å². The van der Waals surface area contributed by atoms with Crippen LogP contribution in [0.25, 0.3) is 0 Å². The van der Waals surface area contributed by atoms with Gasteiger partial charge in [-0.3, -0.25) is 4.79 Å². The predicted octanol–water partition coefficient (Wildman–Crippen LogP) is 5.62. The molecule has 3 amide bonds. The van der Waals surface area contributed by atoms with Gasteiger partial charge in [0.1, 0.15) is 12.4 Å². The van der Waals surface area contributed by atoms with Crippen molar-refractivity contribution in [1.29, 1.82) is 0 Å². The molecule has 0 aliphatic heterocycles. The summed E-state index contributed by atoms with van der Waals surface area (Å²) in [4.78, 5) is 32.0. The van der Waals surface area contributed by atoms with Crippen molar-refractivity contribution in [2.24, 2.45) is 0 Å². The molecule has 3 aromatic rings. The molecular weight excluding hydrogens is 545 g/mol. The second-order valence-electron chi connectivity index (χ2n) is 8.74. The Morgan fingerprint density at radius 2 is 1.74 bits per heavy atom. The summed E-state index contributed by atoms with van der Waals surface area (Å²) in [5, 5.41) is 2.57. The number of nitrogens with zero attached hydrogens (tertiary/aromatic N) is 2. The molecule has 0 fully saturated rings. The van der Waals surface area contributed by atoms with Gasteiger partial charge in [0.15, 0.2) is 11.5 Å². The van der Waals surface area contributed by atoms with Gasteiger partial charge in [-0.25, -0.2) is 9.18 Å². The first-order chi connectivity index (χ1) is 18.7. The van der Waals surface area contributed by atoms with Crippen molar-refractivity contribution in [2.75, 3.05) is 52.9 Å². The standard InChI is InChI=1S/C28H33ClFN3O5S/c1-19-5-8-22(39-19)17-32(12-11-20-6-10-25(37-3)26(15-20)38-4)27(34)18-33(13-14-36-2)28(35)31-21-7-9-24(30)23(29)16-21/h5-10,15-16H,11-14,17-18H2,1-4H3,(H,31,35). The molecule has 0 saturated heterocycles. The van der Waals surface area contributed by atoms with Crippen LogP contribution in [0.1, 0.15) is 15.3 Å². The maximum Gasteiger partial charge on any atom is 0.322 e. The van der Waals surface area contributed by atoms with E-state index in [-0.39, 0.29) is 30.6 Å². The van der Waals surface area contributed by atoms with E-state index in [1.54, 1.807) is 30.5 Å². The summed E-state index contributed by atoms with van der Waals surface area (Å²) >= 11 is 7.47. The Morgan fingerprint density at radius 3 is 2.38 bits per heavy atom. The Labute approximate surface area is 237 Å². The van der Waals surface area contributed by atoms with Crippen molar-refractivity contribution in [2.45, 2.75) is 19.9 Å². The van der Waals surface area contributed by atoms with E-state index in [1.165, 1.54) is 30.2 Å². The number of rotatable bonds is 13. The summed E-state index contributed by atoms with van der Waals surface area (Å²) in [5.74, 6) is 0.440. The Balaban J connectivity index is 1.76. The molecule has 0 bridgehead atoms. The number of methoxy groups -OCH3 is 3. The van der Waals surface area contributed by atoms with Crippen LogP contribution >= 0.6 is 22.9 Å². The lowest BCUT2D eigenvalue weighted by Gasteiger charge is -2.28. The first kappa shape index (κ1) is 30.2. The van der Waals surface area contributed by atoms with Crippen molar-refractivity contribution in [3.05, 3.63) is 74.7 Å². The lowest BCUT2D eigenvalue weighted by atomic mass is 10.1.